The second-order valence-electron chi connectivity index (χ2n) is 7.24. The average Bonchev–Trinajstić information content (AvgIpc) is 2.79. The van der Waals surface area contributed by atoms with Crippen molar-refractivity contribution in [1.82, 2.24) is 15.2 Å². The van der Waals surface area contributed by atoms with Crippen molar-refractivity contribution < 1.29 is 14.3 Å². The zero-order valence-corrected chi connectivity index (χ0v) is 17.9. The maximum atomic E-state index is 12.5. The lowest BCUT2D eigenvalue weighted by atomic mass is 10.1. The Bertz CT molecular complexity index is 1030. The average molecular weight is 418 g/mol. The third-order valence-electron chi connectivity index (χ3n) is 4.62. The first kappa shape index (κ1) is 22.0. The molecule has 2 N–H and O–H groups in total. The van der Waals surface area contributed by atoms with Gasteiger partial charge in [0, 0.05) is 44.6 Å². The Kier molecular flexibility index (Phi) is 7.35. The van der Waals surface area contributed by atoms with Crippen molar-refractivity contribution in [3.05, 3.63) is 89.2 Å². The molecule has 160 valence electrons. The van der Waals surface area contributed by atoms with Crippen LogP contribution < -0.4 is 15.4 Å². The Labute approximate surface area is 182 Å². The van der Waals surface area contributed by atoms with Crippen molar-refractivity contribution in [2.24, 2.45) is 0 Å². The molecule has 31 heavy (non-hydrogen) atoms. The van der Waals surface area contributed by atoms with E-state index in [1.807, 2.05) is 36.4 Å². The lowest BCUT2D eigenvalue weighted by Gasteiger charge is -2.14. The summed E-state index contributed by atoms with van der Waals surface area (Å²) in [4.78, 5) is 30.6. The summed E-state index contributed by atoms with van der Waals surface area (Å²) >= 11 is 0. The standard InChI is InChI=1S/C24H26N4O3/c1-28(2)24(30)19-12-18(16-25-15-17-7-9-21(31-3)10-8-17)13-20(14-19)27-23(29)22-6-4-5-11-26-22/h4-14,25H,15-16H2,1-3H3,(H,27,29). The number of nitrogens with zero attached hydrogens (tertiary/aromatic N) is 2. The Morgan fingerprint density at radius 1 is 0.968 bits per heavy atom. The minimum atomic E-state index is -0.327. The van der Waals surface area contributed by atoms with Crippen LogP contribution in [-0.4, -0.2) is 42.9 Å². The highest BCUT2D eigenvalue weighted by atomic mass is 16.5. The van der Waals surface area contributed by atoms with Crippen molar-refractivity contribution in [3.63, 3.8) is 0 Å². The van der Waals surface area contributed by atoms with Crippen LogP contribution in [0.5, 0.6) is 5.75 Å². The number of methoxy groups -OCH3 is 1. The van der Waals surface area contributed by atoms with Gasteiger partial charge in [-0.3, -0.25) is 14.6 Å². The summed E-state index contributed by atoms with van der Waals surface area (Å²) in [5.74, 6) is 0.351. The van der Waals surface area contributed by atoms with Gasteiger partial charge in [0.15, 0.2) is 0 Å². The molecule has 0 bridgehead atoms. The number of carbonyl (C=O) groups is 2. The van der Waals surface area contributed by atoms with Crippen molar-refractivity contribution in [1.29, 1.82) is 0 Å². The van der Waals surface area contributed by atoms with Crippen molar-refractivity contribution in [3.8, 4) is 5.75 Å². The van der Waals surface area contributed by atoms with Crippen LogP contribution in [0.1, 0.15) is 32.0 Å². The molecule has 2 aromatic carbocycles. The summed E-state index contributed by atoms with van der Waals surface area (Å²) in [5.41, 5.74) is 3.36. The highest BCUT2D eigenvalue weighted by Crippen LogP contribution is 2.18. The fraction of sp³-hybridized carbons (Fsp3) is 0.208. The molecule has 0 aliphatic rings. The van der Waals surface area contributed by atoms with Crippen LogP contribution in [0.2, 0.25) is 0 Å². The van der Waals surface area contributed by atoms with Crippen molar-refractivity contribution in [2.75, 3.05) is 26.5 Å². The minimum absolute atomic E-state index is 0.134. The van der Waals surface area contributed by atoms with Gasteiger partial charge in [0.25, 0.3) is 11.8 Å². The van der Waals surface area contributed by atoms with Gasteiger partial charge in [-0.1, -0.05) is 18.2 Å². The molecule has 0 radical (unpaired) electrons. The zero-order valence-electron chi connectivity index (χ0n) is 17.9. The van der Waals surface area contributed by atoms with E-state index in [2.05, 4.69) is 15.6 Å². The molecule has 0 fully saturated rings. The van der Waals surface area contributed by atoms with E-state index in [-0.39, 0.29) is 11.8 Å². The number of hydrogen-bond donors (Lipinski definition) is 2. The topological polar surface area (TPSA) is 83.6 Å². The molecule has 7 heteroatoms. The number of pyridine rings is 1. The van der Waals surface area contributed by atoms with Crippen LogP contribution >= 0.6 is 0 Å². The van der Waals surface area contributed by atoms with Gasteiger partial charge in [0.05, 0.1) is 7.11 Å². The number of benzene rings is 2. The van der Waals surface area contributed by atoms with Crippen LogP contribution in [0.15, 0.2) is 66.9 Å². The van der Waals surface area contributed by atoms with Crippen molar-refractivity contribution >= 4 is 17.5 Å². The van der Waals surface area contributed by atoms with Gasteiger partial charge in [0.1, 0.15) is 11.4 Å². The smallest absolute Gasteiger partial charge is 0.274 e. The molecule has 0 atom stereocenters. The lowest BCUT2D eigenvalue weighted by Crippen LogP contribution is -2.23. The second kappa shape index (κ2) is 10.4. The van der Waals surface area contributed by atoms with Gasteiger partial charge >= 0.3 is 0 Å². The maximum absolute atomic E-state index is 12.5. The third kappa shape index (κ3) is 6.13. The zero-order chi connectivity index (χ0) is 22.2. The van der Waals surface area contributed by atoms with Gasteiger partial charge in [-0.05, 0) is 53.6 Å². The van der Waals surface area contributed by atoms with Gasteiger partial charge in [-0.25, -0.2) is 0 Å². The molecule has 3 rings (SSSR count). The van der Waals surface area contributed by atoms with E-state index in [1.165, 1.54) is 4.90 Å². The highest BCUT2D eigenvalue weighted by molar-refractivity contribution is 6.04. The number of amides is 2. The molecular formula is C24H26N4O3. The molecule has 3 aromatic rings. The lowest BCUT2D eigenvalue weighted by molar-refractivity contribution is 0.0827. The fourth-order valence-electron chi connectivity index (χ4n) is 3.03. The third-order valence-corrected chi connectivity index (χ3v) is 4.62. The first-order valence-corrected chi connectivity index (χ1v) is 9.88. The molecule has 1 heterocycles. The minimum Gasteiger partial charge on any atom is -0.497 e. The predicted molar refractivity (Wildman–Crippen MR) is 120 cm³/mol. The Hall–Kier alpha value is -3.71. The van der Waals surface area contributed by atoms with Crippen LogP contribution in [0.3, 0.4) is 0 Å². The molecule has 1 aromatic heterocycles. The van der Waals surface area contributed by atoms with Crippen LogP contribution in [-0.2, 0) is 13.1 Å². The molecule has 0 spiro atoms. The van der Waals surface area contributed by atoms with Gasteiger partial charge < -0.3 is 20.3 Å². The number of ether oxygens (including phenoxy) is 1. The number of rotatable bonds is 8. The van der Waals surface area contributed by atoms with E-state index >= 15 is 0 Å². The first-order valence-electron chi connectivity index (χ1n) is 9.88. The van der Waals surface area contributed by atoms with E-state index in [0.29, 0.717) is 30.0 Å². The summed E-state index contributed by atoms with van der Waals surface area (Å²) in [6.45, 7) is 1.19. The van der Waals surface area contributed by atoms with Gasteiger partial charge in [-0.2, -0.15) is 0 Å². The summed E-state index contributed by atoms with van der Waals surface area (Å²) in [6.07, 6.45) is 1.56. The molecule has 0 saturated heterocycles. The summed E-state index contributed by atoms with van der Waals surface area (Å²) in [5, 5.41) is 6.21. The Balaban J connectivity index is 1.74. The van der Waals surface area contributed by atoms with E-state index in [0.717, 1.165) is 16.9 Å². The van der Waals surface area contributed by atoms with Crippen LogP contribution in [0.4, 0.5) is 5.69 Å². The molecule has 2 amide bonds. The van der Waals surface area contributed by atoms with Crippen molar-refractivity contribution in [2.45, 2.75) is 13.1 Å². The van der Waals surface area contributed by atoms with Crippen LogP contribution in [0.25, 0.3) is 0 Å². The summed E-state index contributed by atoms with van der Waals surface area (Å²) < 4.78 is 5.18. The second-order valence-corrected chi connectivity index (χ2v) is 7.24. The molecule has 0 unspecified atom stereocenters. The summed E-state index contributed by atoms with van der Waals surface area (Å²) in [7, 11) is 5.03. The molecule has 0 aliphatic carbocycles. The first-order chi connectivity index (χ1) is 15.0. The highest BCUT2D eigenvalue weighted by Gasteiger charge is 2.13. The van der Waals surface area contributed by atoms with E-state index in [1.54, 1.807) is 51.7 Å². The predicted octanol–water partition coefficient (Wildman–Crippen LogP) is 3.33. The monoisotopic (exact) mass is 418 g/mol. The van der Waals surface area contributed by atoms with E-state index in [4.69, 9.17) is 4.74 Å². The van der Waals surface area contributed by atoms with Gasteiger partial charge in [-0.15, -0.1) is 0 Å². The quantitative estimate of drug-likeness (QED) is 0.586. The van der Waals surface area contributed by atoms with Gasteiger partial charge in [0.2, 0.25) is 0 Å². The Morgan fingerprint density at radius 2 is 1.71 bits per heavy atom. The van der Waals surface area contributed by atoms with E-state index in [9.17, 15) is 9.59 Å². The largest absolute Gasteiger partial charge is 0.497 e. The number of nitrogens with one attached hydrogen (secondary N) is 2. The summed E-state index contributed by atoms with van der Waals surface area (Å²) in [6, 6.07) is 18.3. The number of anilines is 1. The molecule has 0 aliphatic heterocycles. The normalized spacial score (nSPS) is 10.4. The maximum Gasteiger partial charge on any atom is 0.274 e. The molecule has 0 saturated carbocycles. The Morgan fingerprint density at radius 3 is 2.35 bits per heavy atom. The number of aromatic nitrogens is 1. The molecular weight excluding hydrogens is 392 g/mol. The number of carbonyl (C=O) groups excluding carboxylic acids is 2. The van der Waals surface area contributed by atoms with Crippen LogP contribution in [0, 0.1) is 0 Å². The number of hydrogen-bond acceptors (Lipinski definition) is 5. The molecule has 7 nitrogen and oxygen atoms in total. The fourth-order valence-corrected chi connectivity index (χ4v) is 3.03. The van der Waals surface area contributed by atoms with E-state index < -0.39 is 0 Å². The SMILES string of the molecule is COc1ccc(CNCc2cc(NC(=O)c3ccccn3)cc(C(=O)N(C)C)c2)cc1.